The smallest absolute Gasteiger partial charge is 0.335 e. The van der Waals surface area contributed by atoms with Gasteiger partial charge in [-0.1, -0.05) is 12.1 Å². The number of carbonyl (C=O) groups is 2. The van der Waals surface area contributed by atoms with Gasteiger partial charge in [0.2, 0.25) is 0 Å². The number of carboxylic acid groups (broad SMARTS) is 1. The first-order chi connectivity index (χ1) is 9.52. The molecule has 0 atom stereocenters. The van der Waals surface area contributed by atoms with E-state index in [0.29, 0.717) is 16.7 Å². The van der Waals surface area contributed by atoms with Crippen molar-refractivity contribution in [2.45, 2.75) is 0 Å². The van der Waals surface area contributed by atoms with Crippen molar-refractivity contribution in [3.8, 4) is 16.9 Å². The maximum absolute atomic E-state index is 11.6. The average Bonchev–Trinajstić information content (AvgIpc) is 2.46. The fraction of sp³-hybridized carbons (Fsp3) is 0.0667. The highest BCUT2D eigenvalue weighted by atomic mass is 16.4. The topological polar surface area (TPSA) is 86.6 Å². The van der Waals surface area contributed by atoms with Crippen LogP contribution in [0, 0.1) is 0 Å². The lowest BCUT2D eigenvalue weighted by Crippen LogP contribution is -2.17. The number of aromatic hydroxyl groups is 1. The molecule has 0 radical (unpaired) electrons. The molecule has 2 aromatic carbocycles. The van der Waals surface area contributed by atoms with E-state index in [1.165, 1.54) is 25.2 Å². The first kappa shape index (κ1) is 13.6. The molecule has 0 spiro atoms. The van der Waals surface area contributed by atoms with Crippen LogP contribution in [-0.2, 0) is 0 Å². The van der Waals surface area contributed by atoms with E-state index in [2.05, 4.69) is 5.32 Å². The third-order valence-electron chi connectivity index (χ3n) is 2.91. The molecule has 0 aliphatic heterocycles. The van der Waals surface area contributed by atoms with E-state index in [1.807, 2.05) is 0 Å². The van der Waals surface area contributed by atoms with Crippen LogP contribution in [0.5, 0.6) is 5.75 Å². The van der Waals surface area contributed by atoms with Crippen LogP contribution in [0.3, 0.4) is 0 Å². The monoisotopic (exact) mass is 271 g/mol. The number of hydrogen-bond acceptors (Lipinski definition) is 3. The minimum absolute atomic E-state index is 0.00806. The molecule has 3 N–H and O–H groups in total. The average molecular weight is 271 g/mol. The van der Waals surface area contributed by atoms with Crippen LogP contribution in [0.1, 0.15) is 20.7 Å². The third kappa shape index (κ3) is 2.61. The third-order valence-corrected chi connectivity index (χ3v) is 2.91. The zero-order valence-electron chi connectivity index (χ0n) is 10.8. The standard InChI is InChI=1S/C15H13NO4/c1-16-14(18)10-4-2-3-9(7-10)12-6-5-11(15(19)20)8-13(12)17/h2-8,17H,1H3,(H,16,18)(H,19,20). The van der Waals surface area contributed by atoms with Crippen molar-refractivity contribution in [2.24, 2.45) is 0 Å². The minimum Gasteiger partial charge on any atom is -0.507 e. The predicted molar refractivity (Wildman–Crippen MR) is 73.9 cm³/mol. The SMILES string of the molecule is CNC(=O)c1cccc(-c2ccc(C(=O)O)cc2O)c1. The molecule has 0 saturated carbocycles. The molecule has 0 aliphatic carbocycles. The second-order valence-corrected chi connectivity index (χ2v) is 4.20. The Bertz CT molecular complexity index is 679. The van der Waals surface area contributed by atoms with Crippen molar-refractivity contribution < 1.29 is 19.8 Å². The molecule has 0 fully saturated rings. The molecule has 0 unspecified atom stereocenters. The summed E-state index contributed by atoms with van der Waals surface area (Å²) < 4.78 is 0. The van der Waals surface area contributed by atoms with Gasteiger partial charge in [0.1, 0.15) is 5.75 Å². The lowest BCUT2D eigenvalue weighted by Gasteiger charge is -2.07. The van der Waals surface area contributed by atoms with Crippen LogP contribution >= 0.6 is 0 Å². The largest absolute Gasteiger partial charge is 0.507 e. The summed E-state index contributed by atoms with van der Waals surface area (Å²) in [6.45, 7) is 0. The molecule has 102 valence electrons. The van der Waals surface area contributed by atoms with Gasteiger partial charge in [0.05, 0.1) is 5.56 Å². The predicted octanol–water partition coefficient (Wildman–Crippen LogP) is 2.12. The Labute approximate surface area is 115 Å². The van der Waals surface area contributed by atoms with Crippen LogP contribution in [-0.4, -0.2) is 29.1 Å². The normalized spacial score (nSPS) is 10.1. The van der Waals surface area contributed by atoms with Gasteiger partial charge < -0.3 is 15.5 Å². The molecule has 0 aromatic heterocycles. The number of benzene rings is 2. The molecule has 5 nitrogen and oxygen atoms in total. The molecule has 0 saturated heterocycles. The van der Waals surface area contributed by atoms with Gasteiger partial charge in [-0.3, -0.25) is 4.79 Å². The molecule has 5 heteroatoms. The van der Waals surface area contributed by atoms with Gasteiger partial charge >= 0.3 is 5.97 Å². The molecule has 2 rings (SSSR count). The number of rotatable bonds is 3. The number of phenols is 1. The Morgan fingerprint density at radius 1 is 1.05 bits per heavy atom. The highest BCUT2D eigenvalue weighted by Crippen LogP contribution is 2.30. The summed E-state index contributed by atoms with van der Waals surface area (Å²) in [5.74, 6) is -1.47. The molecular weight excluding hydrogens is 258 g/mol. The van der Waals surface area contributed by atoms with E-state index in [1.54, 1.807) is 24.3 Å². The quantitative estimate of drug-likeness (QED) is 0.798. The zero-order chi connectivity index (χ0) is 14.7. The zero-order valence-corrected chi connectivity index (χ0v) is 10.8. The number of hydrogen-bond donors (Lipinski definition) is 3. The number of aromatic carboxylic acids is 1. The van der Waals surface area contributed by atoms with Crippen LogP contribution < -0.4 is 5.32 Å². The summed E-state index contributed by atoms with van der Waals surface area (Å²) in [6, 6.07) is 10.8. The Hall–Kier alpha value is -2.82. The number of nitrogens with one attached hydrogen (secondary N) is 1. The van der Waals surface area contributed by atoms with Gasteiger partial charge in [-0.05, 0) is 35.9 Å². The molecule has 20 heavy (non-hydrogen) atoms. The molecule has 0 heterocycles. The van der Waals surface area contributed by atoms with Crippen LogP contribution in [0.4, 0.5) is 0 Å². The Kier molecular flexibility index (Phi) is 3.70. The summed E-state index contributed by atoms with van der Waals surface area (Å²) in [5, 5.41) is 21.3. The number of phenolic OH excluding ortho intramolecular Hbond substituents is 1. The van der Waals surface area contributed by atoms with Crippen molar-refractivity contribution in [1.29, 1.82) is 0 Å². The maximum atomic E-state index is 11.6. The van der Waals surface area contributed by atoms with E-state index in [9.17, 15) is 14.7 Å². The minimum atomic E-state index is -1.11. The number of carbonyl (C=O) groups excluding carboxylic acids is 1. The molecular formula is C15H13NO4. The van der Waals surface area contributed by atoms with E-state index in [4.69, 9.17) is 5.11 Å². The Morgan fingerprint density at radius 2 is 1.80 bits per heavy atom. The van der Waals surface area contributed by atoms with Gasteiger partial charge in [0.15, 0.2) is 0 Å². The van der Waals surface area contributed by atoms with Crippen LogP contribution in [0.2, 0.25) is 0 Å². The molecule has 0 aliphatic rings. The van der Waals surface area contributed by atoms with Crippen LogP contribution in [0.15, 0.2) is 42.5 Å². The number of carboxylic acids is 1. The van der Waals surface area contributed by atoms with Crippen molar-refractivity contribution >= 4 is 11.9 Å². The summed E-state index contributed by atoms with van der Waals surface area (Å²) >= 11 is 0. The van der Waals surface area contributed by atoms with Crippen molar-refractivity contribution in [1.82, 2.24) is 5.32 Å². The highest BCUT2D eigenvalue weighted by molar-refractivity contribution is 5.95. The van der Waals surface area contributed by atoms with Crippen LogP contribution in [0.25, 0.3) is 11.1 Å². The lowest BCUT2D eigenvalue weighted by atomic mass is 10.0. The molecule has 2 aromatic rings. The van der Waals surface area contributed by atoms with Gasteiger partial charge in [-0.25, -0.2) is 4.79 Å². The van der Waals surface area contributed by atoms with Gasteiger partial charge in [0.25, 0.3) is 5.91 Å². The van der Waals surface area contributed by atoms with Gasteiger partial charge in [-0.15, -0.1) is 0 Å². The van der Waals surface area contributed by atoms with Crippen molar-refractivity contribution in [2.75, 3.05) is 7.05 Å². The van der Waals surface area contributed by atoms with Gasteiger partial charge in [-0.2, -0.15) is 0 Å². The maximum Gasteiger partial charge on any atom is 0.335 e. The fourth-order valence-electron chi connectivity index (χ4n) is 1.88. The molecule has 0 bridgehead atoms. The summed E-state index contributed by atoms with van der Waals surface area (Å²) in [5.41, 5.74) is 1.58. The Morgan fingerprint density at radius 3 is 2.40 bits per heavy atom. The highest BCUT2D eigenvalue weighted by Gasteiger charge is 2.11. The van der Waals surface area contributed by atoms with E-state index < -0.39 is 5.97 Å². The van der Waals surface area contributed by atoms with Gasteiger partial charge in [0, 0.05) is 18.2 Å². The molecule has 1 amide bonds. The summed E-state index contributed by atoms with van der Waals surface area (Å²) in [4.78, 5) is 22.4. The van der Waals surface area contributed by atoms with Crippen molar-refractivity contribution in [3.63, 3.8) is 0 Å². The second-order valence-electron chi connectivity index (χ2n) is 4.20. The van der Waals surface area contributed by atoms with E-state index in [-0.39, 0.29) is 17.2 Å². The summed E-state index contributed by atoms with van der Waals surface area (Å²) in [6.07, 6.45) is 0. The fourth-order valence-corrected chi connectivity index (χ4v) is 1.88. The second kappa shape index (κ2) is 5.44. The lowest BCUT2D eigenvalue weighted by molar-refractivity contribution is 0.0696. The summed E-state index contributed by atoms with van der Waals surface area (Å²) in [7, 11) is 1.54. The van der Waals surface area contributed by atoms with E-state index >= 15 is 0 Å². The number of amides is 1. The first-order valence-electron chi connectivity index (χ1n) is 5.91. The van der Waals surface area contributed by atoms with Crippen molar-refractivity contribution in [3.05, 3.63) is 53.6 Å². The van der Waals surface area contributed by atoms with E-state index in [0.717, 1.165) is 0 Å². The first-order valence-corrected chi connectivity index (χ1v) is 5.91. The Balaban J connectivity index is 2.46.